The van der Waals surface area contributed by atoms with E-state index in [1.54, 1.807) is 12.1 Å². The Kier molecular flexibility index (Phi) is 5.12. The Morgan fingerprint density at radius 2 is 1.72 bits per heavy atom. The smallest absolute Gasteiger partial charge is 0.336 e. The summed E-state index contributed by atoms with van der Waals surface area (Å²) in [6.07, 6.45) is 0. The number of ether oxygens (including phenoxy) is 1. The lowest BCUT2D eigenvalue weighted by Crippen LogP contribution is -2.20. The van der Waals surface area contributed by atoms with Crippen LogP contribution in [0.5, 0.6) is 5.75 Å². The summed E-state index contributed by atoms with van der Waals surface area (Å²) in [6.45, 7) is 1.83. The van der Waals surface area contributed by atoms with Gasteiger partial charge >= 0.3 is 5.63 Å². The first-order valence-corrected chi connectivity index (χ1v) is 9.21. The zero-order valence-corrected chi connectivity index (χ0v) is 15.8. The van der Waals surface area contributed by atoms with E-state index in [0.29, 0.717) is 17.0 Å². The Balaban J connectivity index is 1.52. The minimum absolute atomic E-state index is 0.151. The average Bonchev–Trinajstić information content (AvgIpc) is 2.73. The van der Waals surface area contributed by atoms with Crippen molar-refractivity contribution in [2.24, 2.45) is 0 Å². The minimum Gasteiger partial charge on any atom is -0.484 e. The molecule has 0 saturated heterocycles. The van der Waals surface area contributed by atoms with Gasteiger partial charge in [-0.2, -0.15) is 0 Å². The van der Waals surface area contributed by atoms with Crippen LogP contribution in [0.3, 0.4) is 0 Å². The molecule has 0 bridgehead atoms. The maximum atomic E-state index is 12.1. The third-order valence-electron chi connectivity index (χ3n) is 4.51. The summed E-state index contributed by atoms with van der Waals surface area (Å²) in [5.41, 5.74) is 3.52. The second-order valence-corrected chi connectivity index (χ2v) is 6.71. The molecule has 1 heterocycles. The van der Waals surface area contributed by atoms with E-state index in [-0.39, 0.29) is 12.5 Å². The van der Waals surface area contributed by atoms with Crippen LogP contribution < -0.4 is 15.7 Å². The molecule has 29 heavy (non-hydrogen) atoms. The maximum Gasteiger partial charge on any atom is 0.336 e. The van der Waals surface area contributed by atoms with Crippen LogP contribution in [-0.2, 0) is 4.79 Å². The molecule has 0 aliphatic heterocycles. The Bertz CT molecular complexity index is 1210. The van der Waals surface area contributed by atoms with E-state index in [1.165, 1.54) is 6.07 Å². The molecule has 0 atom stereocenters. The fraction of sp³-hybridized carbons (Fsp3) is 0.0833. The van der Waals surface area contributed by atoms with E-state index in [2.05, 4.69) is 5.32 Å². The lowest BCUT2D eigenvalue weighted by molar-refractivity contribution is -0.118. The molecular weight excluding hydrogens is 366 g/mol. The van der Waals surface area contributed by atoms with Gasteiger partial charge in [-0.3, -0.25) is 4.79 Å². The van der Waals surface area contributed by atoms with Crippen LogP contribution in [0, 0.1) is 6.92 Å². The van der Waals surface area contributed by atoms with Crippen molar-refractivity contribution in [2.45, 2.75) is 6.92 Å². The molecule has 0 saturated carbocycles. The Hall–Kier alpha value is -3.86. The van der Waals surface area contributed by atoms with Crippen molar-refractivity contribution in [3.63, 3.8) is 0 Å². The first kappa shape index (κ1) is 18.5. The number of rotatable bonds is 5. The second-order valence-electron chi connectivity index (χ2n) is 6.71. The number of benzene rings is 3. The molecule has 5 nitrogen and oxygen atoms in total. The third kappa shape index (κ3) is 4.35. The van der Waals surface area contributed by atoms with Gasteiger partial charge in [0.25, 0.3) is 5.91 Å². The molecule has 3 aromatic carbocycles. The van der Waals surface area contributed by atoms with E-state index >= 15 is 0 Å². The number of fused-ring (bicyclic) bond motifs is 1. The Labute approximate surface area is 167 Å². The molecule has 0 fully saturated rings. The molecule has 144 valence electrons. The van der Waals surface area contributed by atoms with Crippen LogP contribution in [0.25, 0.3) is 22.1 Å². The van der Waals surface area contributed by atoms with E-state index in [1.807, 2.05) is 67.6 Å². The molecule has 1 aromatic heterocycles. The standard InChI is InChI=1S/C24H19NO4/c1-16-7-9-18(10-8-16)25-23(26)15-28-19-11-12-20-21(17-5-3-2-4-6-17)14-24(27)29-22(20)13-19/h2-14H,15H2,1H3,(H,25,26). The summed E-state index contributed by atoms with van der Waals surface area (Å²) in [4.78, 5) is 24.1. The highest BCUT2D eigenvalue weighted by molar-refractivity contribution is 5.94. The van der Waals surface area contributed by atoms with Crippen LogP contribution >= 0.6 is 0 Å². The summed E-state index contributed by atoms with van der Waals surface area (Å²) >= 11 is 0. The predicted octanol–water partition coefficient (Wildman–Crippen LogP) is 4.79. The number of carbonyl (C=O) groups excluding carboxylic acids is 1. The normalized spacial score (nSPS) is 10.7. The minimum atomic E-state index is -0.439. The molecule has 4 aromatic rings. The first-order valence-electron chi connectivity index (χ1n) is 9.21. The van der Waals surface area contributed by atoms with Gasteiger partial charge in [-0.1, -0.05) is 48.0 Å². The molecule has 4 rings (SSSR count). The molecular formula is C24H19NO4. The van der Waals surface area contributed by atoms with Gasteiger partial charge in [0.1, 0.15) is 11.3 Å². The number of hydrogen-bond acceptors (Lipinski definition) is 4. The van der Waals surface area contributed by atoms with Crippen LogP contribution in [-0.4, -0.2) is 12.5 Å². The SMILES string of the molecule is Cc1ccc(NC(=O)COc2ccc3c(-c4ccccc4)cc(=O)oc3c2)cc1. The van der Waals surface area contributed by atoms with Gasteiger partial charge in [0.2, 0.25) is 0 Å². The van der Waals surface area contributed by atoms with Gasteiger partial charge in [-0.15, -0.1) is 0 Å². The molecule has 1 amide bonds. The van der Waals surface area contributed by atoms with E-state index < -0.39 is 5.63 Å². The van der Waals surface area contributed by atoms with Crippen LogP contribution in [0.1, 0.15) is 5.56 Å². The van der Waals surface area contributed by atoms with Crippen LogP contribution in [0.15, 0.2) is 88.1 Å². The molecule has 0 aliphatic rings. The highest BCUT2D eigenvalue weighted by Gasteiger charge is 2.10. The Morgan fingerprint density at radius 3 is 2.48 bits per heavy atom. The van der Waals surface area contributed by atoms with Gasteiger partial charge in [0, 0.05) is 23.2 Å². The van der Waals surface area contributed by atoms with Crippen LogP contribution in [0.4, 0.5) is 5.69 Å². The number of nitrogens with one attached hydrogen (secondary N) is 1. The number of aryl methyl sites for hydroxylation is 1. The first-order chi connectivity index (χ1) is 14.1. The summed E-state index contributed by atoms with van der Waals surface area (Å²) < 4.78 is 10.9. The maximum absolute atomic E-state index is 12.1. The zero-order chi connectivity index (χ0) is 20.2. The van der Waals surface area contributed by atoms with E-state index in [9.17, 15) is 9.59 Å². The lowest BCUT2D eigenvalue weighted by Gasteiger charge is -2.10. The average molecular weight is 385 g/mol. The van der Waals surface area contributed by atoms with Gasteiger partial charge in [-0.05, 0) is 42.3 Å². The summed E-state index contributed by atoms with van der Waals surface area (Å²) in [5.74, 6) is 0.179. The van der Waals surface area contributed by atoms with Crippen molar-refractivity contribution in [1.29, 1.82) is 0 Å². The zero-order valence-electron chi connectivity index (χ0n) is 15.8. The predicted molar refractivity (Wildman–Crippen MR) is 113 cm³/mol. The molecule has 1 N–H and O–H groups in total. The lowest BCUT2D eigenvalue weighted by atomic mass is 10.0. The topological polar surface area (TPSA) is 68.5 Å². The fourth-order valence-electron chi connectivity index (χ4n) is 3.07. The third-order valence-corrected chi connectivity index (χ3v) is 4.51. The van der Waals surface area contributed by atoms with Crippen molar-refractivity contribution in [1.82, 2.24) is 0 Å². The second kappa shape index (κ2) is 8.02. The monoisotopic (exact) mass is 385 g/mol. The van der Waals surface area contributed by atoms with Crippen LogP contribution in [0.2, 0.25) is 0 Å². The molecule has 5 heteroatoms. The summed E-state index contributed by atoms with van der Waals surface area (Å²) in [6, 6.07) is 23.8. The van der Waals surface area contributed by atoms with Gasteiger partial charge in [0.15, 0.2) is 6.61 Å². The Morgan fingerprint density at radius 1 is 0.966 bits per heavy atom. The number of hydrogen-bond donors (Lipinski definition) is 1. The van der Waals surface area contributed by atoms with Gasteiger partial charge < -0.3 is 14.5 Å². The molecule has 0 aliphatic carbocycles. The molecule has 0 unspecified atom stereocenters. The fourth-order valence-corrected chi connectivity index (χ4v) is 3.07. The van der Waals surface area contributed by atoms with Gasteiger partial charge in [0.05, 0.1) is 0 Å². The largest absolute Gasteiger partial charge is 0.484 e. The van der Waals surface area contributed by atoms with Crippen molar-refractivity contribution in [3.05, 3.63) is 94.8 Å². The quantitative estimate of drug-likeness (QED) is 0.502. The molecule has 0 radical (unpaired) electrons. The highest BCUT2D eigenvalue weighted by atomic mass is 16.5. The van der Waals surface area contributed by atoms with Crippen molar-refractivity contribution in [2.75, 3.05) is 11.9 Å². The van der Waals surface area contributed by atoms with Crippen molar-refractivity contribution < 1.29 is 13.9 Å². The summed E-state index contributed by atoms with van der Waals surface area (Å²) in [7, 11) is 0. The van der Waals surface area contributed by atoms with Gasteiger partial charge in [-0.25, -0.2) is 4.79 Å². The number of amides is 1. The van der Waals surface area contributed by atoms with Crippen molar-refractivity contribution in [3.8, 4) is 16.9 Å². The summed E-state index contributed by atoms with van der Waals surface area (Å²) in [5, 5.41) is 3.58. The van der Waals surface area contributed by atoms with Crippen molar-refractivity contribution >= 4 is 22.6 Å². The highest BCUT2D eigenvalue weighted by Crippen LogP contribution is 2.29. The van der Waals surface area contributed by atoms with E-state index in [0.717, 1.165) is 22.1 Å². The number of carbonyl (C=O) groups is 1. The van der Waals surface area contributed by atoms with E-state index in [4.69, 9.17) is 9.15 Å². The molecule has 0 spiro atoms. The number of anilines is 1.